The Morgan fingerprint density at radius 1 is 1.55 bits per heavy atom. The fraction of sp³-hybridized carbons (Fsp3) is 0.500. The fourth-order valence-corrected chi connectivity index (χ4v) is 1.38. The van der Waals surface area contributed by atoms with Crippen molar-refractivity contribution in [2.45, 2.75) is 25.1 Å². The zero-order valence-electron chi connectivity index (χ0n) is 7.14. The number of rotatable bonds is 3. The van der Waals surface area contributed by atoms with E-state index in [9.17, 15) is 0 Å². The molecule has 1 nitrogen and oxygen atoms in total. The quantitative estimate of drug-likeness (QED) is 0.617. The lowest BCUT2D eigenvalue weighted by Gasteiger charge is -1.98. The van der Waals surface area contributed by atoms with Crippen molar-refractivity contribution in [1.82, 2.24) is 6.15 Å². The third-order valence-corrected chi connectivity index (χ3v) is 1.54. The molecule has 0 aliphatic carbocycles. The van der Waals surface area contributed by atoms with E-state index in [1.54, 1.807) is 0 Å². The summed E-state index contributed by atoms with van der Waals surface area (Å²) in [6.07, 6.45) is 5.10. The van der Waals surface area contributed by atoms with E-state index in [4.69, 9.17) is 0 Å². The van der Waals surface area contributed by atoms with Gasteiger partial charge in [-0.25, -0.2) is 0 Å². The van der Waals surface area contributed by atoms with Gasteiger partial charge < -0.3 is 6.15 Å². The van der Waals surface area contributed by atoms with Gasteiger partial charge >= 0.3 is 0 Å². The van der Waals surface area contributed by atoms with Gasteiger partial charge in [0.05, 0.1) is 0 Å². The van der Waals surface area contributed by atoms with Crippen molar-refractivity contribution in [1.29, 1.82) is 0 Å². The molecule has 0 saturated heterocycles. The van der Waals surface area contributed by atoms with Crippen molar-refractivity contribution >= 4 is 32.9 Å². The summed E-state index contributed by atoms with van der Waals surface area (Å²) in [5.74, 6) is 0. The van der Waals surface area contributed by atoms with Crippen molar-refractivity contribution in [2.24, 2.45) is 0 Å². The maximum atomic E-state index is 3.65. The van der Waals surface area contributed by atoms with Crippen molar-refractivity contribution in [3.63, 3.8) is 0 Å². The van der Waals surface area contributed by atoms with Crippen molar-refractivity contribution in [3.8, 4) is 0 Å². The summed E-state index contributed by atoms with van der Waals surface area (Å²) in [5.41, 5.74) is 1.35. The molecule has 0 aromatic rings. The van der Waals surface area contributed by atoms with E-state index in [0.717, 1.165) is 6.42 Å². The van der Waals surface area contributed by atoms with Gasteiger partial charge in [-0.1, -0.05) is 33.7 Å². The predicted octanol–water partition coefficient (Wildman–Crippen LogP) is 4.03. The van der Waals surface area contributed by atoms with Gasteiger partial charge in [0.2, 0.25) is 0 Å². The Labute approximate surface area is 88.4 Å². The highest BCUT2D eigenvalue weighted by molar-refractivity contribution is 9.09. The number of allylic oxidation sites excluding steroid dienone is 3. The van der Waals surface area contributed by atoms with E-state index in [1.807, 2.05) is 6.08 Å². The normalized spacial score (nSPS) is 10.1. The second kappa shape index (κ2) is 10.4. The van der Waals surface area contributed by atoms with E-state index < -0.39 is 0 Å². The molecule has 11 heavy (non-hydrogen) atoms. The number of alkyl halides is 1. The molecular formula is C8H17Br2N. The van der Waals surface area contributed by atoms with E-state index in [-0.39, 0.29) is 23.1 Å². The van der Waals surface area contributed by atoms with Crippen LogP contribution in [0.3, 0.4) is 0 Å². The summed E-state index contributed by atoms with van der Waals surface area (Å²) >= 11 is 3.49. The summed E-state index contributed by atoms with van der Waals surface area (Å²) in [5, 5.41) is 0. The van der Waals surface area contributed by atoms with Crippen molar-refractivity contribution in [2.75, 3.05) is 0 Å². The molecule has 0 aromatic heterocycles. The predicted molar refractivity (Wildman–Crippen MR) is 62.3 cm³/mol. The fourth-order valence-electron chi connectivity index (χ4n) is 0.589. The minimum Gasteiger partial charge on any atom is -0.344 e. The topological polar surface area (TPSA) is 35.0 Å². The van der Waals surface area contributed by atoms with Crippen LogP contribution in [0.25, 0.3) is 0 Å². The Bertz CT molecular complexity index is 117. The van der Waals surface area contributed by atoms with Gasteiger partial charge in [0.15, 0.2) is 0 Å². The molecule has 0 bridgehead atoms. The number of hydrogen-bond acceptors (Lipinski definition) is 1. The second-order valence-corrected chi connectivity index (χ2v) is 3.46. The first kappa shape index (κ1) is 17.5. The van der Waals surface area contributed by atoms with E-state index in [0.29, 0.717) is 4.83 Å². The van der Waals surface area contributed by atoms with Gasteiger partial charge in [-0.3, -0.25) is 0 Å². The standard InChI is InChI=1S/C8H13Br.BrH.H3N/c1-4-5-8(9)6-7(2)3;;/h4,6,8H,1,5H2,2-3H3;1H;1H3. The van der Waals surface area contributed by atoms with Crippen LogP contribution in [0.2, 0.25) is 0 Å². The first-order valence-electron chi connectivity index (χ1n) is 3.06. The Balaban J connectivity index is -0.000000320. The lowest BCUT2D eigenvalue weighted by Crippen LogP contribution is -1.89. The molecule has 0 radical (unpaired) electrons. The largest absolute Gasteiger partial charge is 0.344 e. The van der Waals surface area contributed by atoms with Gasteiger partial charge in [0, 0.05) is 4.83 Å². The van der Waals surface area contributed by atoms with Gasteiger partial charge in [-0.15, -0.1) is 23.6 Å². The molecule has 0 aliphatic heterocycles. The monoisotopic (exact) mass is 285 g/mol. The molecule has 0 rings (SSSR count). The highest BCUT2D eigenvalue weighted by atomic mass is 79.9. The Hall–Kier alpha value is 0.400. The van der Waals surface area contributed by atoms with Crippen LogP contribution in [0.1, 0.15) is 20.3 Å². The average molecular weight is 287 g/mol. The molecule has 1 unspecified atom stereocenters. The molecule has 3 N–H and O–H groups in total. The van der Waals surface area contributed by atoms with Crippen LogP contribution < -0.4 is 6.15 Å². The van der Waals surface area contributed by atoms with Gasteiger partial charge in [0.25, 0.3) is 0 Å². The van der Waals surface area contributed by atoms with Gasteiger partial charge in [-0.2, -0.15) is 0 Å². The summed E-state index contributed by atoms with van der Waals surface area (Å²) < 4.78 is 0. The Morgan fingerprint density at radius 2 is 2.00 bits per heavy atom. The lowest BCUT2D eigenvalue weighted by molar-refractivity contribution is 1.07. The van der Waals surface area contributed by atoms with E-state index in [1.165, 1.54) is 5.57 Å². The number of halogens is 2. The first-order valence-corrected chi connectivity index (χ1v) is 3.98. The van der Waals surface area contributed by atoms with Crippen LogP contribution in [-0.2, 0) is 0 Å². The van der Waals surface area contributed by atoms with Crippen LogP contribution >= 0.6 is 32.9 Å². The molecule has 1 atom stereocenters. The maximum Gasteiger partial charge on any atom is 0.0362 e. The van der Waals surface area contributed by atoms with Crippen LogP contribution in [0.4, 0.5) is 0 Å². The molecule has 0 spiro atoms. The molecule has 68 valence electrons. The van der Waals surface area contributed by atoms with Crippen LogP contribution in [0, 0.1) is 0 Å². The first-order chi connectivity index (χ1) is 4.16. The molecule has 0 fully saturated rings. The molecule has 0 amide bonds. The molecule has 0 aliphatic rings. The van der Waals surface area contributed by atoms with E-state index in [2.05, 4.69) is 42.4 Å². The zero-order valence-corrected chi connectivity index (χ0v) is 10.4. The van der Waals surface area contributed by atoms with Crippen LogP contribution in [0.5, 0.6) is 0 Å². The Morgan fingerprint density at radius 3 is 2.27 bits per heavy atom. The van der Waals surface area contributed by atoms with Crippen LogP contribution in [-0.4, -0.2) is 4.83 Å². The highest BCUT2D eigenvalue weighted by Gasteiger charge is 1.93. The zero-order chi connectivity index (χ0) is 7.28. The molecular weight excluding hydrogens is 270 g/mol. The van der Waals surface area contributed by atoms with Crippen molar-refractivity contribution in [3.05, 3.63) is 24.3 Å². The summed E-state index contributed by atoms with van der Waals surface area (Å²) in [7, 11) is 0. The molecule has 0 heterocycles. The van der Waals surface area contributed by atoms with E-state index >= 15 is 0 Å². The maximum absolute atomic E-state index is 3.65. The molecule has 3 heteroatoms. The van der Waals surface area contributed by atoms with Gasteiger partial charge in [-0.05, 0) is 20.3 Å². The third kappa shape index (κ3) is 13.4. The molecule has 0 saturated carbocycles. The second-order valence-electron chi connectivity index (χ2n) is 2.28. The lowest BCUT2D eigenvalue weighted by atomic mass is 10.2. The summed E-state index contributed by atoms with van der Waals surface area (Å²) in [6.45, 7) is 7.84. The minimum atomic E-state index is 0. The Kier molecular flexibility index (Phi) is 16.5. The average Bonchev–Trinajstić information content (AvgIpc) is 1.63. The summed E-state index contributed by atoms with van der Waals surface area (Å²) in [6, 6.07) is 0. The molecule has 0 aromatic carbocycles. The number of hydrogen-bond donors (Lipinski definition) is 1. The minimum absolute atomic E-state index is 0. The summed E-state index contributed by atoms with van der Waals surface area (Å²) in [4.78, 5) is 0.472. The SMILES string of the molecule is Br.C=CCC(Br)C=C(C)C.N. The highest BCUT2D eigenvalue weighted by Crippen LogP contribution is 2.09. The van der Waals surface area contributed by atoms with Gasteiger partial charge in [0.1, 0.15) is 0 Å². The van der Waals surface area contributed by atoms with Crippen LogP contribution in [0.15, 0.2) is 24.3 Å². The smallest absolute Gasteiger partial charge is 0.0362 e. The third-order valence-electron chi connectivity index (χ3n) is 0.906. The van der Waals surface area contributed by atoms with Crippen molar-refractivity contribution < 1.29 is 0 Å².